The predicted octanol–water partition coefficient (Wildman–Crippen LogP) is 3.90. The van der Waals surface area contributed by atoms with E-state index in [0.717, 1.165) is 19.5 Å². The van der Waals surface area contributed by atoms with Gasteiger partial charge in [-0.15, -0.1) is 0 Å². The molecule has 0 amide bonds. The molecule has 0 spiro atoms. The number of benzene rings is 2. The zero-order valence-electron chi connectivity index (χ0n) is 10.3. The molecule has 2 aromatic carbocycles. The van der Waals surface area contributed by atoms with Crippen molar-refractivity contribution in [1.29, 1.82) is 0 Å². The molecule has 0 aromatic heterocycles. The van der Waals surface area contributed by atoms with Gasteiger partial charge in [0.1, 0.15) is 0 Å². The first-order valence-corrected chi connectivity index (χ1v) is 6.20. The molecule has 2 aromatic rings. The van der Waals surface area contributed by atoms with E-state index in [0.29, 0.717) is 0 Å². The Hall–Kier alpha value is -1.60. The third-order valence-corrected chi connectivity index (χ3v) is 2.92. The van der Waals surface area contributed by atoms with Crippen molar-refractivity contribution in [1.82, 2.24) is 5.32 Å². The summed E-state index contributed by atoms with van der Waals surface area (Å²) >= 11 is 0. The Labute approximate surface area is 103 Å². The van der Waals surface area contributed by atoms with E-state index in [1.807, 2.05) is 0 Å². The highest BCUT2D eigenvalue weighted by atomic mass is 14.8. The second kappa shape index (κ2) is 6.21. The molecule has 0 aliphatic rings. The Morgan fingerprint density at radius 1 is 1.06 bits per heavy atom. The monoisotopic (exact) mass is 225 g/mol. The van der Waals surface area contributed by atoms with Gasteiger partial charge in [0.05, 0.1) is 0 Å². The van der Waals surface area contributed by atoms with Crippen LogP contribution >= 0.6 is 0 Å². The lowest BCUT2D eigenvalue weighted by Crippen LogP contribution is -2.14. The number of hydrogen-bond acceptors (Lipinski definition) is 1. The van der Waals surface area contributed by atoms with Crippen LogP contribution in [0.2, 0.25) is 0 Å². The van der Waals surface area contributed by atoms with Crippen molar-refractivity contribution < 1.29 is 0 Å². The van der Waals surface area contributed by atoms with Crippen LogP contribution in [0.3, 0.4) is 0 Å². The third kappa shape index (κ3) is 3.18. The fourth-order valence-corrected chi connectivity index (χ4v) is 2.02. The largest absolute Gasteiger partial charge is 0.312 e. The Morgan fingerprint density at radius 3 is 2.76 bits per heavy atom. The van der Waals surface area contributed by atoms with E-state index < -0.39 is 0 Å². The molecule has 2 rings (SSSR count). The van der Waals surface area contributed by atoms with Crippen molar-refractivity contribution in [3.8, 4) is 0 Å². The first-order valence-electron chi connectivity index (χ1n) is 6.20. The molecule has 17 heavy (non-hydrogen) atoms. The quantitative estimate of drug-likeness (QED) is 0.601. The SMILES string of the molecule is C/C=C/CCNCc1cccc2ccccc12. The normalized spacial score (nSPS) is 11.4. The molecule has 1 nitrogen and oxygen atoms in total. The maximum Gasteiger partial charge on any atom is 0.0211 e. The lowest BCUT2D eigenvalue weighted by atomic mass is 10.0. The van der Waals surface area contributed by atoms with Crippen LogP contribution in [0.15, 0.2) is 54.6 Å². The molecule has 1 N–H and O–H groups in total. The molecule has 88 valence electrons. The fourth-order valence-electron chi connectivity index (χ4n) is 2.02. The van der Waals surface area contributed by atoms with Crippen LogP contribution in [0, 0.1) is 0 Å². The lowest BCUT2D eigenvalue weighted by molar-refractivity contribution is 0.698. The van der Waals surface area contributed by atoms with Gasteiger partial charge in [-0.2, -0.15) is 0 Å². The van der Waals surface area contributed by atoms with Crippen LogP contribution in [0.25, 0.3) is 10.8 Å². The average molecular weight is 225 g/mol. The standard InChI is InChI=1S/C16H19N/c1-2-3-6-12-17-13-15-10-7-9-14-8-4-5-11-16(14)15/h2-5,7-11,17H,6,12-13H2,1H3/b3-2+. The second-order valence-corrected chi connectivity index (χ2v) is 4.17. The number of hydrogen-bond donors (Lipinski definition) is 1. The summed E-state index contributed by atoms with van der Waals surface area (Å²) in [5.74, 6) is 0. The minimum Gasteiger partial charge on any atom is -0.312 e. The lowest BCUT2D eigenvalue weighted by Gasteiger charge is -2.07. The third-order valence-electron chi connectivity index (χ3n) is 2.92. The Balaban J connectivity index is 2.03. The van der Waals surface area contributed by atoms with Gasteiger partial charge in [0.25, 0.3) is 0 Å². The Morgan fingerprint density at radius 2 is 1.88 bits per heavy atom. The van der Waals surface area contributed by atoms with E-state index >= 15 is 0 Å². The summed E-state index contributed by atoms with van der Waals surface area (Å²) in [5, 5.41) is 6.15. The second-order valence-electron chi connectivity index (χ2n) is 4.17. The van der Waals surface area contributed by atoms with Gasteiger partial charge in [0.2, 0.25) is 0 Å². The molecule has 0 saturated heterocycles. The van der Waals surface area contributed by atoms with Gasteiger partial charge in [-0.25, -0.2) is 0 Å². The van der Waals surface area contributed by atoms with Crippen molar-refractivity contribution in [3.63, 3.8) is 0 Å². The molecular formula is C16H19N. The number of fused-ring (bicyclic) bond motifs is 1. The highest BCUT2D eigenvalue weighted by molar-refractivity contribution is 5.85. The van der Waals surface area contributed by atoms with Crippen molar-refractivity contribution >= 4 is 10.8 Å². The average Bonchev–Trinajstić information content (AvgIpc) is 2.39. The summed E-state index contributed by atoms with van der Waals surface area (Å²) in [6.45, 7) is 4.04. The molecule has 0 unspecified atom stereocenters. The maximum absolute atomic E-state index is 3.48. The number of nitrogens with one attached hydrogen (secondary N) is 1. The summed E-state index contributed by atoms with van der Waals surface area (Å²) in [6, 6.07) is 15.0. The van der Waals surface area contributed by atoms with E-state index in [9.17, 15) is 0 Å². The maximum atomic E-state index is 3.48. The van der Waals surface area contributed by atoms with Crippen molar-refractivity contribution in [2.45, 2.75) is 19.9 Å². The molecule has 0 aliphatic carbocycles. The first-order chi connectivity index (χ1) is 8.42. The molecular weight excluding hydrogens is 206 g/mol. The molecule has 0 aliphatic heterocycles. The molecule has 0 radical (unpaired) electrons. The van der Waals surface area contributed by atoms with Crippen LogP contribution in [-0.2, 0) is 6.54 Å². The fraction of sp³-hybridized carbons (Fsp3) is 0.250. The van der Waals surface area contributed by atoms with E-state index in [-0.39, 0.29) is 0 Å². The van der Waals surface area contributed by atoms with Gasteiger partial charge in [-0.3, -0.25) is 0 Å². The molecule has 0 heterocycles. The van der Waals surface area contributed by atoms with Crippen LogP contribution in [0.4, 0.5) is 0 Å². The first kappa shape index (κ1) is 11.9. The van der Waals surface area contributed by atoms with Crippen LogP contribution in [-0.4, -0.2) is 6.54 Å². The number of rotatable bonds is 5. The highest BCUT2D eigenvalue weighted by Crippen LogP contribution is 2.17. The Bertz CT molecular complexity index is 494. The van der Waals surface area contributed by atoms with E-state index in [2.05, 4.69) is 66.9 Å². The van der Waals surface area contributed by atoms with Gasteiger partial charge in [-0.1, -0.05) is 54.6 Å². The highest BCUT2D eigenvalue weighted by Gasteiger charge is 1.98. The van der Waals surface area contributed by atoms with Gasteiger partial charge in [-0.05, 0) is 36.2 Å². The predicted molar refractivity (Wildman–Crippen MR) is 75.1 cm³/mol. The summed E-state index contributed by atoms with van der Waals surface area (Å²) in [5.41, 5.74) is 1.38. The van der Waals surface area contributed by atoms with Crippen LogP contribution < -0.4 is 5.32 Å². The summed E-state index contributed by atoms with van der Waals surface area (Å²) < 4.78 is 0. The van der Waals surface area contributed by atoms with Crippen LogP contribution in [0.5, 0.6) is 0 Å². The van der Waals surface area contributed by atoms with Gasteiger partial charge in [0, 0.05) is 6.54 Å². The van der Waals surface area contributed by atoms with Gasteiger partial charge < -0.3 is 5.32 Å². The van der Waals surface area contributed by atoms with Crippen molar-refractivity contribution in [2.24, 2.45) is 0 Å². The van der Waals surface area contributed by atoms with Crippen molar-refractivity contribution in [2.75, 3.05) is 6.54 Å². The van der Waals surface area contributed by atoms with E-state index in [4.69, 9.17) is 0 Å². The molecule has 0 fully saturated rings. The topological polar surface area (TPSA) is 12.0 Å². The molecule has 0 atom stereocenters. The molecule has 0 bridgehead atoms. The summed E-state index contributed by atoms with van der Waals surface area (Å²) in [7, 11) is 0. The number of allylic oxidation sites excluding steroid dienone is 1. The molecule has 1 heteroatoms. The van der Waals surface area contributed by atoms with E-state index in [1.165, 1.54) is 16.3 Å². The van der Waals surface area contributed by atoms with Gasteiger partial charge >= 0.3 is 0 Å². The summed E-state index contributed by atoms with van der Waals surface area (Å²) in [6.07, 6.45) is 5.39. The minimum atomic E-state index is 0.943. The van der Waals surface area contributed by atoms with Crippen molar-refractivity contribution in [3.05, 3.63) is 60.2 Å². The van der Waals surface area contributed by atoms with Crippen LogP contribution in [0.1, 0.15) is 18.9 Å². The minimum absolute atomic E-state index is 0.943. The molecule has 0 saturated carbocycles. The zero-order valence-corrected chi connectivity index (χ0v) is 10.3. The Kier molecular flexibility index (Phi) is 4.34. The summed E-state index contributed by atoms with van der Waals surface area (Å²) in [4.78, 5) is 0. The zero-order chi connectivity index (χ0) is 11.9. The van der Waals surface area contributed by atoms with Gasteiger partial charge in [0.15, 0.2) is 0 Å². The van der Waals surface area contributed by atoms with E-state index in [1.54, 1.807) is 0 Å². The smallest absolute Gasteiger partial charge is 0.0211 e.